The van der Waals surface area contributed by atoms with Gasteiger partial charge in [-0.2, -0.15) is 13.2 Å². The van der Waals surface area contributed by atoms with Crippen LogP contribution in [0.3, 0.4) is 0 Å². The van der Waals surface area contributed by atoms with Gasteiger partial charge in [0, 0.05) is 12.1 Å². The third kappa shape index (κ3) is 4.27. The van der Waals surface area contributed by atoms with Crippen LogP contribution in [0.5, 0.6) is 0 Å². The first-order valence-electron chi connectivity index (χ1n) is 7.90. The summed E-state index contributed by atoms with van der Waals surface area (Å²) in [5.74, 6) is -0.410. The maximum Gasteiger partial charge on any atom is 0.416 e. The van der Waals surface area contributed by atoms with E-state index in [1.165, 1.54) is 24.3 Å². The molecule has 0 saturated carbocycles. The molecule has 1 aromatic heterocycles. The highest BCUT2D eigenvalue weighted by Crippen LogP contribution is 2.32. The molecular weight excluding hydrogens is 371 g/mol. The van der Waals surface area contributed by atoms with E-state index >= 15 is 0 Å². The van der Waals surface area contributed by atoms with Crippen molar-refractivity contribution in [2.45, 2.75) is 12.6 Å². The Morgan fingerprint density at radius 3 is 2.65 bits per heavy atom. The van der Waals surface area contributed by atoms with Gasteiger partial charge in [0.25, 0.3) is 5.91 Å². The lowest BCUT2D eigenvalue weighted by Crippen LogP contribution is -2.29. The van der Waals surface area contributed by atoms with Crippen molar-refractivity contribution >= 4 is 15.7 Å². The van der Waals surface area contributed by atoms with Crippen molar-refractivity contribution in [1.82, 2.24) is 5.32 Å². The van der Waals surface area contributed by atoms with Gasteiger partial charge in [-0.1, -0.05) is 12.1 Å². The number of nitrogens with one attached hydrogen (secondary N) is 1. The Balaban J connectivity index is 1.67. The van der Waals surface area contributed by atoms with Crippen molar-refractivity contribution in [3.8, 4) is 11.3 Å². The van der Waals surface area contributed by atoms with Crippen molar-refractivity contribution in [3.63, 3.8) is 0 Å². The minimum atomic E-state index is -4.47. The normalized spacial score (nSPS) is 19.4. The number of hydrogen-bond acceptors (Lipinski definition) is 4. The quantitative estimate of drug-likeness (QED) is 0.875. The Bertz CT molecular complexity index is 918. The van der Waals surface area contributed by atoms with Crippen LogP contribution >= 0.6 is 0 Å². The standard InChI is InChI=1S/C17H16F3NO4S/c18-17(19,20)13-3-1-2-12(8-13)14-4-5-15(25-14)16(22)21-9-11-6-7-26(23,24)10-11/h1-5,8,11H,6-7,9-10H2,(H,21,22). The minimum absolute atomic E-state index is 0.0426. The molecule has 1 aliphatic heterocycles. The number of benzene rings is 1. The SMILES string of the molecule is O=C(NCC1CCS(=O)(=O)C1)c1ccc(-c2cccc(C(F)(F)F)c2)o1. The lowest BCUT2D eigenvalue weighted by Gasteiger charge is -2.08. The predicted molar refractivity (Wildman–Crippen MR) is 88.2 cm³/mol. The second kappa shape index (κ2) is 6.79. The highest BCUT2D eigenvalue weighted by molar-refractivity contribution is 7.91. The number of amides is 1. The zero-order chi connectivity index (χ0) is 18.9. The first kappa shape index (κ1) is 18.5. The van der Waals surface area contributed by atoms with Gasteiger partial charge in [0.05, 0.1) is 17.1 Å². The molecule has 0 radical (unpaired) electrons. The first-order valence-corrected chi connectivity index (χ1v) is 9.72. The average molecular weight is 387 g/mol. The van der Waals surface area contributed by atoms with Crippen molar-refractivity contribution < 1.29 is 30.8 Å². The molecule has 2 aromatic rings. The van der Waals surface area contributed by atoms with Crippen LogP contribution in [-0.2, 0) is 16.0 Å². The monoisotopic (exact) mass is 387 g/mol. The van der Waals surface area contributed by atoms with E-state index < -0.39 is 27.5 Å². The maximum atomic E-state index is 12.8. The van der Waals surface area contributed by atoms with Crippen molar-refractivity contribution in [3.05, 3.63) is 47.7 Å². The maximum absolute atomic E-state index is 12.8. The summed E-state index contributed by atoms with van der Waals surface area (Å²) >= 11 is 0. The molecule has 2 heterocycles. The topological polar surface area (TPSA) is 76.4 Å². The van der Waals surface area contributed by atoms with Gasteiger partial charge < -0.3 is 9.73 Å². The summed E-state index contributed by atoms with van der Waals surface area (Å²) < 4.78 is 66.5. The van der Waals surface area contributed by atoms with E-state index in [-0.39, 0.29) is 41.1 Å². The lowest BCUT2D eigenvalue weighted by molar-refractivity contribution is -0.137. The third-order valence-electron chi connectivity index (χ3n) is 4.18. The Kier molecular flexibility index (Phi) is 4.83. The van der Waals surface area contributed by atoms with Crippen LogP contribution in [0.15, 0.2) is 40.8 Å². The summed E-state index contributed by atoms with van der Waals surface area (Å²) in [6.45, 7) is 0.206. The Hall–Kier alpha value is -2.29. The number of carbonyl (C=O) groups excluding carboxylic acids is 1. The van der Waals surface area contributed by atoms with Crippen LogP contribution in [-0.4, -0.2) is 32.4 Å². The van der Waals surface area contributed by atoms with Crippen LogP contribution in [0.1, 0.15) is 22.5 Å². The summed E-state index contributed by atoms with van der Waals surface area (Å²) in [7, 11) is -3.02. The molecule has 5 nitrogen and oxygen atoms in total. The molecule has 26 heavy (non-hydrogen) atoms. The van der Waals surface area contributed by atoms with Crippen molar-refractivity contribution in [2.75, 3.05) is 18.1 Å². The van der Waals surface area contributed by atoms with Crippen molar-refractivity contribution in [2.24, 2.45) is 5.92 Å². The number of alkyl halides is 3. The van der Waals surface area contributed by atoms with Crippen LogP contribution in [0.2, 0.25) is 0 Å². The number of carbonyl (C=O) groups is 1. The second-order valence-electron chi connectivity index (χ2n) is 6.22. The molecule has 1 fully saturated rings. The van der Waals surface area contributed by atoms with E-state index in [4.69, 9.17) is 4.42 Å². The van der Waals surface area contributed by atoms with Gasteiger partial charge in [-0.05, 0) is 36.6 Å². The third-order valence-corrected chi connectivity index (χ3v) is 6.02. The second-order valence-corrected chi connectivity index (χ2v) is 8.45. The summed E-state index contributed by atoms with van der Waals surface area (Å²) in [6.07, 6.45) is -3.97. The number of furan rings is 1. The van der Waals surface area contributed by atoms with Gasteiger partial charge in [0.2, 0.25) is 0 Å². The highest BCUT2D eigenvalue weighted by Gasteiger charge is 2.31. The van der Waals surface area contributed by atoms with Crippen LogP contribution in [0.4, 0.5) is 13.2 Å². The minimum Gasteiger partial charge on any atom is -0.451 e. The highest BCUT2D eigenvalue weighted by atomic mass is 32.2. The number of halogens is 3. The molecule has 9 heteroatoms. The van der Waals surface area contributed by atoms with Gasteiger partial charge in [-0.3, -0.25) is 4.79 Å². The van der Waals surface area contributed by atoms with Crippen molar-refractivity contribution in [1.29, 1.82) is 0 Å². The van der Waals surface area contributed by atoms with Gasteiger partial charge in [0.1, 0.15) is 5.76 Å². The molecule has 140 valence electrons. The lowest BCUT2D eigenvalue weighted by atomic mass is 10.1. The Morgan fingerprint density at radius 1 is 1.23 bits per heavy atom. The van der Waals surface area contributed by atoms with Crippen LogP contribution < -0.4 is 5.32 Å². The molecule has 1 atom stereocenters. The number of rotatable bonds is 4. The molecule has 1 aliphatic rings. The van der Waals surface area contributed by atoms with Gasteiger partial charge in [-0.25, -0.2) is 8.42 Å². The van der Waals surface area contributed by atoms with E-state index in [1.54, 1.807) is 0 Å². The molecule has 0 aliphatic carbocycles. The summed E-state index contributed by atoms with van der Waals surface area (Å²) in [5.41, 5.74) is -0.597. The molecule has 3 rings (SSSR count). The number of hydrogen-bond donors (Lipinski definition) is 1. The smallest absolute Gasteiger partial charge is 0.416 e. The van der Waals surface area contributed by atoms with E-state index in [2.05, 4.69) is 5.32 Å². The molecule has 0 spiro atoms. The molecule has 1 saturated heterocycles. The van der Waals surface area contributed by atoms with Crippen LogP contribution in [0, 0.1) is 5.92 Å². The molecule has 1 aromatic carbocycles. The average Bonchev–Trinajstić information content (AvgIpc) is 3.18. The Labute approximate surface area is 148 Å². The predicted octanol–water partition coefficient (Wildman–Crippen LogP) is 3.13. The number of sulfone groups is 1. The van der Waals surface area contributed by atoms with Gasteiger partial charge in [0.15, 0.2) is 15.6 Å². The zero-order valence-electron chi connectivity index (χ0n) is 13.5. The van der Waals surface area contributed by atoms with Crippen LogP contribution in [0.25, 0.3) is 11.3 Å². The molecular formula is C17H16F3NO4S. The largest absolute Gasteiger partial charge is 0.451 e. The van der Waals surface area contributed by atoms with Gasteiger partial charge in [-0.15, -0.1) is 0 Å². The van der Waals surface area contributed by atoms with Gasteiger partial charge >= 0.3 is 6.18 Å². The fourth-order valence-corrected chi connectivity index (χ4v) is 4.68. The molecule has 1 N–H and O–H groups in total. The Morgan fingerprint density at radius 2 is 2.00 bits per heavy atom. The van der Waals surface area contributed by atoms with E-state index in [9.17, 15) is 26.4 Å². The van der Waals surface area contributed by atoms with E-state index in [1.807, 2.05) is 0 Å². The summed E-state index contributed by atoms with van der Waals surface area (Å²) in [6, 6.07) is 7.42. The summed E-state index contributed by atoms with van der Waals surface area (Å²) in [5, 5.41) is 2.60. The fourth-order valence-electron chi connectivity index (χ4n) is 2.82. The first-order chi connectivity index (χ1) is 12.1. The fraction of sp³-hybridized carbons (Fsp3) is 0.353. The molecule has 0 bridgehead atoms. The zero-order valence-corrected chi connectivity index (χ0v) is 14.4. The molecule has 1 amide bonds. The summed E-state index contributed by atoms with van der Waals surface area (Å²) in [4.78, 5) is 12.1. The molecule has 1 unspecified atom stereocenters. The van der Waals surface area contributed by atoms with E-state index in [0.29, 0.717) is 6.42 Å². The van der Waals surface area contributed by atoms with E-state index in [0.717, 1.165) is 12.1 Å².